The van der Waals surface area contributed by atoms with E-state index in [2.05, 4.69) is 30.4 Å². The molecule has 1 amide bonds. The summed E-state index contributed by atoms with van der Waals surface area (Å²) in [6.45, 7) is 1.80. The highest BCUT2D eigenvalue weighted by Gasteiger charge is 2.16. The zero-order chi connectivity index (χ0) is 17.4. The van der Waals surface area contributed by atoms with Gasteiger partial charge in [0.1, 0.15) is 11.5 Å². The van der Waals surface area contributed by atoms with Crippen LogP contribution in [0.15, 0.2) is 43.0 Å². The molecule has 0 fully saturated rings. The smallest absolute Gasteiger partial charge is 0.259 e. The third kappa shape index (κ3) is 2.83. The molecule has 0 aliphatic carbocycles. The lowest BCUT2D eigenvalue weighted by Gasteiger charge is -2.02. The van der Waals surface area contributed by atoms with Crippen LogP contribution in [0.25, 0.3) is 16.9 Å². The summed E-state index contributed by atoms with van der Waals surface area (Å²) >= 11 is 6.18. The van der Waals surface area contributed by atoms with Gasteiger partial charge < -0.3 is 10.3 Å². The highest BCUT2D eigenvalue weighted by molar-refractivity contribution is 6.36. The maximum absolute atomic E-state index is 12.5. The normalized spacial score (nSPS) is 11.0. The molecular weight excluding hydrogens is 342 g/mol. The maximum atomic E-state index is 12.5. The summed E-state index contributed by atoms with van der Waals surface area (Å²) in [5.41, 5.74) is 0.958. The van der Waals surface area contributed by atoms with Crippen molar-refractivity contribution in [2.75, 3.05) is 5.32 Å². The van der Waals surface area contributed by atoms with Gasteiger partial charge in [0.05, 0.1) is 16.0 Å². The fourth-order valence-corrected chi connectivity index (χ4v) is 2.72. The number of aromatic amines is 1. The molecule has 0 saturated heterocycles. The third-order valence-corrected chi connectivity index (χ3v) is 3.91. The average Bonchev–Trinajstić information content (AvgIpc) is 3.22. The number of nitrogens with one attached hydrogen (secondary N) is 2. The van der Waals surface area contributed by atoms with Crippen LogP contribution < -0.4 is 5.32 Å². The van der Waals surface area contributed by atoms with Gasteiger partial charge in [-0.1, -0.05) is 11.6 Å². The average molecular weight is 354 g/mol. The lowest BCUT2D eigenvalue weighted by molar-refractivity contribution is 0.102. The molecule has 4 aromatic rings. The Kier molecular flexibility index (Phi) is 3.66. The highest BCUT2D eigenvalue weighted by Crippen LogP contribution is 2.25. The molecule has 9 heteroatoms. The van der Waals surface area contributed by atoms with Crippen LogP contribution in [0.2, 0.25) is 5.02 Å². The summed E-state index contributed by atoms with van der Waals surface area (Å²) in [7, 11) is 0. The van der Waals surface area contributed by atoms with E-state index in [0.717, 1.165) is 0 Å². The Morgan fingerprint density at radius 3 is 2.92 bits per heavy atom. The number of aromatic nitrogens is 6. The van der Waals surface area contributed by atoms with E-state index in [-0.39, 0.29) is 5.91 Å². The fourth-order valence-electron chi connectivity index (χ4n) is 2.47. The largest absolute Gasteiger partial charge is 0.345 e. The number of nitrogens with zero attached hydrogens (tertiary/aromatic N) is 5. The second kappa shape index (κ2) is 5.99. The van der Waals surface area contributed by atoms with Crippen LogP contribution >= 0.6 is 11.6 Å². The quantitative estimate of drug-likeness (QED) is 0.589. The number of halogens is 1. The van der Waals surface area contributed by atoms with Crippen LogP contribution in [0.1, 0.15) is 16.2 Å². The first-order valence-corrected chi connectivity index (χ1v) is 7.78. The molecule has 0 radical (unpaired) electrons. The molecule has 8 nitrogen and oxygen atoms in total. The zero-order valence-electron chi connectivity index (χ0n) is 13.1. The third-order valence-electron chi connectivity index (χ3n) is 3.59. The molecule has 4 rings (SSSR count). The van der Waals surface area contributed by atoms with Gasteiger partial charge in [0.15, 0.2) is 11.6 Å². The molecule has 0 spiro atoms. The Balaban J connectivity index is 1.61. The minimum absolute atomic E-state index is 0.328. The van der Waals surface area contributed by atoms with Gasteiger partial charge in [-0.15, -0.1) is 5.10 Å². The standard InChI is InChI=1S/C16H12ClN7O/c1-9-18-6-3-13(21-9)24-7-4-12(23-24)22-16(25)10-8-20-15-14(10)11(17)2-5-19-15/h2-8H,1H3,(H,19,20)(H,22,23,25). The molecule has 25 heavy (non-hydrogen) atoms. The molecule has 0 aliphatic rings. The summed E-state index contributed by atoms with van der Waals surface area (Å²) < 4.78 is 1.56. The van der Waals surface area contributed by atoms with E-state index in [9.17, 15) is 4.79 Å². The minimum Gasteiger partial charge on any atom is -0.345 e. The van der Waals surface area contributed by atoms with Crippen LogP contribution in [-0.4, -0.2) is 35.6 Å². The summed E-state index contributed by atoms with van der Waals surface area (Å²) in [4.78, 5) is 28.0. The van der Waals surface area contributed by atoms with Crippen molar-refractivity contribution in [3.63, 3.8) is 0 Å². The number of carbonyl (C=O) groups is 1. The maximum Gasteiger partial charge on any atom is 0.259 e. The molecule has 0 saturated carbocycles. The van der Waals surface area contributed by atoms with Crippen molar-refractivity contribution in [1.82, 2.24) is 29.7 Å². The molecule has 0 atom stereocenters. The molecule has 0 bridgehead atoms. The lowest BCUT2D eigenvalue weighted by Crippen LogP contribution is -2.12. The predicted octanol–water partition coefficient (Wildman–Crippen LogP) is 2.75. The Morgan fingerprint density at radius 1 is 1.24 bits per heavy atom. The van der Waals surface area contributed by atoms with Crippen molar-refractivity contribution in [3.05, 3.63) is 59.4 Å². The van der Waals surface area contributed by atoms with Crippen molar-refractivity contribution >= 4 is 34.4 Å². The number of H-pyrrole nitrogens is 1. The van der Waals surface area contributed by atoms with Gasteiger partial charge in [-0.2, -0.15) is 0 Å². The Morgan fingerprint density at radius 2 is 2.08 bits per heavy atom. The van der Waals surface area contributed by atoms with Gasteiger partial charge in [-0.25, -0.2) is 19.6 Å². The topological polar surface area (TPSA) is 101 Å². The number of amides is 1. The molecule has 0 aliphatic heterocycles. The number of aryl methyl sites for hydroxylation is 1. The zero-order valence-corrected chi connectivity index (χ0v) is 13.8. The highest BCUT2D eigenvalue weighted by atomic mass is 35.5. The molecule has 0 aromatic carbocycles. The molecular formula is C16H12ClN7O. The van der Waals surface area contributed by atoms with Crippen LogP contribution in [0, 0.1) is 6.92 Å². The number of anilines is 1. The number of fused-ring (bicyclic) bond motifs is 1. The summed E-state index contributed by atoms with van der Waals surface area (Å²) in [6.07, 6.45) is 6.51. The van der Waals surface area contributed by atoms with Crippen LogP contribution in [0.3, 0.4) is 0 Å². The first-order chi connectivity index (χ1) is 12.1. The minimum atomic E-state index is -0.328. The number of rotatable bonds is 3. The second-order valence-electron chi connectivity index (χ2n) is 5.28. The number of carbonyl (C=O) groups excluding carboxylic acids is 1. The predicted molar refractivity (Wildman–Crippen MR) is 92.9 cm³/mol. The van der Waals surface area contributed by atoms with E-state index in [4.69, 9.17) is 11.6 Å². The van der Waals surface area contributed by atoms with Crippen LogP contribution in [0.5, 0.6) is 0 Å². The second-order valence-corrected chi connectivity index (χ2v) is 5.69. The van der Waals surface area contributed by atoms with E-state index in [1.165, 1.54) is 0 Å². The van der Waals surface area contributed by atoms with E-state index >= 15 is 0 Å². The van der Waals surface area contributed by atoms with Crippen LogP contribution in [0.4, 0.5) is 5.82 Å². The Labute approximate surface area is 146 Å². The summed E-state index contributed by atoms with van der Waals surface area (Å²) in [5, 5.41) is 8.09. The van der Waals surface area contributed by atoms with Gasteiger partial charge in [0.2, 0.25) is 0 Å². The molecule has 4 aromatic heterocycles. The van der Waals surface area contributed by atoms with Gasteiger partial charge in [0.25, 0.3) is 5.91 Å². The van der Waals surface area contributed by atoms with E-state index in [1.54, 1.807) is 54.6 Å². The van der Waals surface area contributed by atoms with E-state index in [1.807, 2.05) is 0 Å². The number of hydrogen-bond acceptors (Lipinski definition) is 5. The Hall–Kier alpha value is -3.26. The Bertz CT molecular complexity index is 1080. The first kappa shape index (κ1) is 15.3. The van der Waals surface area contributed by atoms with Crippen molar-refractivity contribution in [1.29, 1.82) is 0 Å². The van der Waals surface area contributed by atoms with Crippen molar-refractivity contribution in [2.24, 2.45) is 0 Å². The van der Waals surface area contributed by atoms with Gasteiger partial charge in [0, 0.05) is 36.9 Å². The molecule has 0 unspecified atom stereocenters. The number of hydrogen-bond donors (Lipinski definition) is 2. The first-order valence-electron chi connectivity index (χ1n) is 7.40. The van der Waals surface area contributed by atoms with Gasteiger partial charge >= 0.3 is 0 Å². The van der Waals surface area contributed by atoms with E-state index in [0.29, 0.717) is 39.1 Å². The van der Waals surface area contributed by atoms with Crippen molar-refractivity contribution in [3.8, 4) is 5.82 Å². The van der Waals surface area contributed by atoms with Crippen molar-refractivity contribution < 1.29 is 4.79 Å². The van der Waals surface area contributed by atoms with Gasteiger partial charge in [-0.05, 0) is 13.0 Å². The summed E-state index contributed by atoms with van der Waals surface area (Å²) in [5.74, 6) is 1.33. The molecule has 2 N–H and O–H groups in total. The molecule has 124 valence electrons. The number of pyridine rings is 1. The lowest BCUT2D eigenvalue weighted by atomic mass is 10.2. The summed E-state index contributed by atoms with van der Waals surface area (Å²) in [6, 6.07) is 5.06. The monoisotopic (exact) mass is 353 g/mol. The van der Waals surface area contributed by atoms with Gasteiger partial charge in [-0.3, -0.25) is 4.79 Å². The van der Waals surface area contributed by atoms with Crippen LogP contribution in [-0.2, 0) is 0 Å². The van der Waals surface area contributed by atoms with E-state index < -0.39 is 0 Å². The SMILES string of the molecule is Cc1nccc(-n2ccc(NC(=O)c3c[nH]c4nccc(Cl)c34)n2)n1. The molecule has 4 heterocycles. The van der Waals surface area contributed by atoms with Crippen molar-refractivity contribution in [2.45, 2.75) is 6.92 Å². The fraction of sp³-hybridized carbons (Fsp3) is 0.0625.